The molecule has 0 spiro atoms. The predicted octanol–water partition coefficient (Wildman–Crippen LogP) is 3.89. The Labute approximate surface area is 183 Å². The molecule has 0 bridgehead atoms. The molecule has 32 heavy (non-hydrogen) atoms. The number of pyridine rings is 1. The van der Waals surface area contributed by atoms with Crippen LogP contribution in [0.5, 0.6) is 0 Å². The number of benzene rings is 1. The standard InChI is InChI=1S/C22H23F3N6O/c1-14(16-4-3-5-17(10-16)22(23,24)25)29-21-19-11-18(12-26-20(19)27-13-28-21)31-8-6-30(7-9-31)15(2)32/h3-5,10-14H,6-9H2,1-2H3,(H,26,27,28,29)/t14-/m1/s1. The summed E-state index contributed by atoms with van der Waals surface area (Å²) in [5.41, 5.74) is 1.18. The minimum atomic E-state index is -4.40. The van der Waals surface area contributed by atoms with E-state index in [2.05, 4.69) is 25.2 Å². The van der Waals surface area contributed by atoms with E-state index in [0.717, 1.165) is 17.8 Å². The second kappa shape index (κ2) is 8.60. The van der Waals surface area contributed by atoms with Gasteiger partial charge >= 0.3 is 6.18 Å². The number of rotatable bonds is 4. The second-order valence-electron chi connectivity index (χ2n) is 7.77. The van der Waals surface area contributed by atoms with Crippen LogP contribution in [0.15, 0.2) is 42.9 Å². The number of amides is 1. The monoisotopic (exact) mass is 444 g/mol. The van der Waals surface area contributed by atoms with Gasteiger partial charge in [0.1, 0.15) is 12.1 Å². The zero-order chi connectivity index (χ0) is 22.9. The minimum Gasteiger partial charge on any atom is -0.367 e. The van der Waals surface area contributed by atoms with Crippen molar-refractivity contribution in [1.82, 2.24) is 19.9 Å². The Morgan fingerprint density at radius 2 is 1.84 bits per heavy atom. The van der Waals surface area contributed by atoms with E-state index in [9.17, 15) is 18.0 Å². The van der Waals surface area contributed by atoms with Crippen molar-refractivity contribution >= 4 is 28.4 Å². The topological polar surface area (TPSA) is 74.2 Å². The lowest BCUT2D eigenvalue weighted by Crippen LogP contribution is -2.48. The molecule has 1 atom stereocenters. The molecule has 0 aliphatic carbocycles. The fourth-order valence-electron chi connectivity index (χ4n) is 3.77. The first-order valence-electron chi connectivity index (χ1n) is 10.3. The van der Waals surface area contributed by atoms with Gasteiger partial charge in [0, 0.05) is 39.1 Å². The Bertz CT molecular complexity index is 1130. The number of aromatic nitrogens is 3. The van der Waals surface area contributed by atoms with Gasteiger partial charge in [0.2, 0.25) is 5.91 Å². The lowest BCUT2D eigenvalue weighted by atomic mass is 10.0. The smallest absolute Gasteiger partial charge is 0.367 e. The Hall–Kier alpha value is -3.43. The number of hydrogen-bond donors (Lipinski definition) is 1. The lowest BCUT2D eigenvalue weighted by Gasteiger charge is -2.35. The molecule has 1 aromatic carbocycles. The van der Waals surface area contributed by atoms with Gasteiger partial charge in [-0.05, 0) is 30.7 Å². The number of halogens is 3. The Morgan fingerprint density at radius 3 is 2.53 bits per heavy atom. The number of alkyl halides is 3. The van der Waals surface area contributed by atoms with Crippen LogP contribution >= 0.6 is 0 Å². The van der Waals surface area contributed by atoms with Crippen LogP contribution in [0.25, 0.3) is 11.0 Å². The van der Waals surface area contributed by atoms with Crippen molar-refractivity contribution in [3.63, 3.8) is 0 Å². The summed E-state index contributed by atoms with van der Waals surface area (Å²) in [4.78, 5) is 28.5. The van der Waals surface area contributed by atoms with Crippen LogP contribution in [-0.2, 0) is 11.0 Å². The molecule has 0 unspecified atom stereocenters. The molecule has 1 N–H and O–H groups in total. The lowest BCUT2D eigenvalue weighted by molar-refractivity contribution is -0.137. The Morgan fingerprint density at radius 1 is 1.09 bits per heavy atom. The van der Waals surface area contributed by atoms with E-state index in [-0.39, 0.29) is 5.91 Å². The molecule has 1 aliphatic heterocycles. The van der Waals surface area contributed by atoms with Crippen molar-refractivity contribution in [2.75, 3.05) is 36.4 Å². The molecular formula is C22H23F3N6O. The highest BCUT2D eigenvalue weighted by atomic mass is 19.4. The third-order valence-corrected chi connectivity index (χ3v) is 5.63. The van der Waals surface area contributed by atoms with E-state index in [1.54, 1.807) is 31.0 Å². The van der Waals surface area contributed by atoms with Crippen LogP contribution in [0.1, 0.15) is 31.0 Å². The van der Waals surface area contributed by atoms with Crippen molar-refractivity contribution in [2.45, 2.75) is 26.1 Å². The van der Waals surface area contributed by atoms with Crippen LogP contribution in [-0.4, -0.2) is 51.9 Å². The first-order chi connectivity index (χ1) is 15.2. The highest BCUT2D eigenvalue weighted by Gasteiger charge is 2.30. The van der Waals surface area contributed by atoms with Gasteiger partial charge in [-0.2, -0.15) is 13.2 Å². The molecule has 1 saturated heterocycles. The zero-order valence-electron chi connectivity index (χ0n) is 17.7. The van der Waals surface area contributed by atoms with Crippen molar-refractivity contribution < 1.29 is 18.0 Å². The third-order valence-electron chi connectivity index (χ3n) is 5.63. The number of hydrogen-bond acceptors (Lipinski definition) is 6. The molecule has 2 aromatic heterocycles. The number of carbonyl (C=O) groups excluding carboxylic acids is 1. The maximum Gasteiger partial charge on any atom is 0.416 e. The summed E-state index contributed by atoms with van der Waals surface area (Å²) in [5.74, 6) is 0.557. The van der Waals surface area contributed by atoms with Crippen LogP contribution in [0, 0.1) is 0 Å². The fourth-order valence-corrected chi connectivity index (χ4v) is 3.77. The van der Waals surface area contributed by atoms with E-state index in [1.807, 2.05) is 6.07 Å². The summed E-state index contributed by atoms with van der Waals surface area (Å²) in [6.45, 7) is 5.98. The number of carbonyl (C=O) groups is 1. The second-order valence-corrected chi connectivity index (χ2v) is 7.77. The molecule has 1 amide bonds. The van der Waals surface area contributed by atoms with Crippen LogP contribution in [0.3, 0.4) is 0 Å². The summed E-state index contributed by atoms with van der Waals surface area (Å²) in [5, 5.41) is 3.88. The van der Waals surface area contributed by atoms with Gasteiger partial charge in [-0.3, -0.25) is 4.79 Å². The molecule has 0 saturated carbocycles. The Balaban J connectivity index is 1.58. The highest BCUT2D eigenvalue weighted by Crippen LogP contribution is 2.32. The zero-order valence-corrected chi connectivity index (χ0v) is 17.7. The SMILES string of the molecule is CC(=O)N1CCN(c2cnc3ncnc(N[C@H](C)c4cccc(C(F)(F)F)c4)c3c2)CC1. The molecule has 1 aliphatic rings. The quantitative estimate of drug-likeness (QED) is 0.658. The number of anilines is 2. The molecule has 3 aromatic rings. The Kier molecular flexibility index (Phi) is 5.86. The number of fused-ring (bicyclic) bond motifs is 1. The first kappa shape index (κ1) is 21.8. The molecule has 7 nitrogen and oxygen atoms in total. The van der Waals surface area contributed by atoms with E-state index >= 15 is 0 Å². The molecule has 168 valence electrons. The van der Waals surface area contributed by atoms with Crippen LogP contribution < -0.4 is 10.2 Å². The summed E-state index contributed by atoms with van der Waals surface area (Å²) in [7, 11) is 0. The number of nitrogens with one attached hydrogen (secondary N) is 1. The van der Waals surface area contributed by atoms with Crippen molar-refractivity contribution in [2.24, 2.45) is 0 Å². The van der Waals surface area contributed by atoms with Crippen molar-refractivity contribution in [1.29, 1.82) is 0 Å². The minimum absolute atomic E-state index is 0.0600. The maximum atomic E-state index is 13.1. The van der Waals surface area contributed by atoms with Gasteiger partial charge < -0.3 is 15.1 Å². The highest BCUT2D eigenvalue weighted by molar-refractivity contribution is 5.88. The van der Waals surface area contributed by atoms with Crippen LogP contribution in [0.2, 0.25) is 0 Å². The molecular weight excluding hydrogens is 421 g/mol. The normalized spacial score (nSPS) is 15.7. The molecule has 0 radical (unpaired) electrons. The van der Waals surface area contributed by atoms with E-state index in [1.165, 1.54) is 12.4 Å². The van der Waals surface area contributed by atoms with Gasteiger partial charge in [-0.15, -0.1) is 0 Å². The van der Waals surface area contributed by atoms with Crippen molar-refractivity contribution in [3.8, 4) is 0 Å². The van der Waals surface area contributed by atoms with Gasteiger partial charge in [-0.1, -0.05) is 12.1 Å². The van der Waals surface area contributed by atoms with E-state index in [0.29, 0.717) is 48.6 Å². The molecule has 3 heterocycles. The summed E-state index contributed by atoms with van der Waals surface area (Å²) < 4.78 is 39.2. The van der Waals surface area contributed by atoms with Crippen molar-refractivity contribution in [3.05, 3.63) is 54.0 Å². The summed E-state index contributed by atoms with van der Waals surface area (Å²) >= 11 is 0. The predicted molar refractivity (Wildman–Crippen MR) is 115 cm³/mol. The summed E-state index contributed by atoms with van der Waals surface area (Å²) in [6, 6.07) is 6.74. The van der Waals surface area contributed by atoms with Gasteiger partial charge in [0.15, 0.2) is 5.65 Å². The summed E-state index contributed by atoms with van der Waals surface area (Å²) in [6.07, 6.45) is -1.29. The van der Waals surface area contributed by atoms with E-state index < -0.39 is 17.8 Å². The van der Waals surface area contributed by atoms with E-state index in [4.69, 9.17) is 0 Å². The maximum absolute atomic E-state index is 13.1. The third kappa shape index (κ3) is 4.58. The molecule has 1 fully saturated rings. The fraction of sp³-hybridized carbons (Fsp3) is 0.364. The van der Waals surface area contributed by atoms with Gasteiger partial charge in [0.05, 0.1) is 22.8 Å². The van der Waals surface area contributed by atoms with Gasteiger partial charge in [0.25, 0.3) is 0 Å². The molecule has 4 rings (SSSR count). The molecule has 10 heteroatoms. The number of nitrogens with zero attached hydrogens (tertiary/aromatic N) is 5. The average molecular weight is 444 g/mol. The van der Waals surface area contributed by atoms with Gasteiger partial charge in [-0.25, -0.2) is 15.0 Å². The number of piperazine rings is 1. The largest absolute Gasteiger partial charge is 0.416 e. The average Bonchev–Trinajstić information content (AvgIpc) is 2.78. The first-order valence-corrected chi connectivity index (χ1v) is 10.3. The van der Waals surface area contributed by atoms with Crippen LogP contribution in [0.4, 0.5) is 24.7 Å².